The summed E-state index contributed by atoms with van der Waals surface area (Å²) in [6, 6.07) is 7.51. The predicted molar refractivity (Wildman–Crippen MR) is 115 cm³/mol. The molecule has 12 heteroatoms. The van der Waals surface area contributed by atoms with Gasteiger partial charge in [0.1, 0.15) is 9.21 Å². The van der Waals surface area contributed by atoms with Gasteiger partial charge in [0, 0.05) is 24.1 Å². The SMILES string of the molecule is FC(F)(F)C(CCBr)c1ccc(Br)nc1.N#CCCC(c1ccc(Br)nc1)C(F)(F)F. The summed E-state index contributed by atoms with van der Waals surface area (Å²) in [4.78, 5) is 7.55. The molecule has 0 aliphatic heterocycles. The van der Waals surface area contributed by atoms with Crippen LogP contribution in [-0.2, 0) is 0 Å². The van der Waals surface area contributed by atoms with Gasteiger partial charge in [-0.2, -0.15) is 31.6 Å². The number of nitrogens with zero attached hydrogens (tertiary/aromatic N) is 3. The van der Waals surface area contributed by atoms with Crippen molar-refractivity contribution in [1.82, 2.24) is 9.97 Å². The molecule has 2 unspecified atom stereocenters. The van der Waals surface area contributed by atoms with Gasteiger partial charge in [0.25, 0.3) is 0 Å². The van der Waals surface area contributed by atoms with Gasteiger partial charge in [-0.05, 0) is 68.0 Å². The topological polar surface area (TPSA) is 49.6 Å². The van der Waals surface area contributed by atoms with Crippen molar-refractivity contribution in [3.63, 3.8) is 0 Å². The monoisotopic (exact) mass is 637 g/mol. The Morgan fingerprint density at radius 2 is 1.23 bits per heavy atom. The zero-order valence-corrected chi connectivity index (χ0v) is 20.4. The number of hydrogen-bond donors (Lipinski definition) is 0. The van der Waals surface area contributed by atoms with E-state index in [1.54, 1.807) is 6.07 Å². The maximum Gasteiger partial charge on any atom is 0.395 e. The first-order valence-electron chi connectivity index (χ1n) is 8.69. The summed E-state index contributed by atoms with van der Waals surface area (Å²) in [6.07, 6.45) is -6.46. The van der Waals surface area contributed by atoms with Crippen LogP contribution >= 0.6 is 47.8 Å². The van der Waals surface area contributed by atoms with Crippen LogP contribution < -0.4 is 0 Å². The van der Waals surface area contributed by atoms with Crippen LogP contribution in [0, 0.1) is 11.3 Å². The van der Waals surface area contributed by atoms with Crippen LogP contribution in [0.25, 0.3) is 0 Å². The third-order valence-electron chi connectivity index (χ3n) is 4.04. The highest BCUT2D eigenvalue weighted by Crippen LogP contribution is 2.38. The Hall–Kier alpha value is -1.19. The highest BCUT2D eigenvalue weighted by atomic mass is 79.9. The molecule has 0 spiro atoms. The van der Waals surface area contributed by atoms with Gasteiger partial charge in [-0.1, -0.05) is 28.1 Å². The van der Waals surface area contributed by atoms with Crippen molar-refractivity contribution in [3.05, 3.63) is 57.0 Å². The number of rotatable bonds is 6. The molecule has 3 nitrogen and oxygen atoms in total. The third-order valence-corrected chi connectivity index (χ3v) is 5.43. The normalized spacial score (nSPS) is 13.5. The van der Waals surface area contributed by atoms with Gasteiger partial charge in [0.2, 0.25) is 0 Å². The molecule has 170 valence electrons. The number of pyridine rings is 2. The summed E-state index contributed by atoms with van der Waals surface area (Å²) in [5.41, 5.74) is 0.288. The van der Waals surface area contributed by atoms with E-state index in [4.69, 9.17) is 5.26 Å². The van der Waals surface area contributed by atoms with Crippen molar-refractivity contribution in [2.24, 2.45) is 0 Å². The summed E-state index contributed by atoms with van der Waals surface area (Å²) in [6.45, 7) is 0. The predicted octanol–water partition coefficient (Wildman–Crippen LogP) is 8.07. The average molecular weight is 640 g/mol. The molecule has 0 saturated carbocycles. The van der Waals surface area contributed by atoms with E-state index in [1.807, 2.05) is 0 Å². The molecule has 2 aromatic rings. The van der Waals surface area contributed by atoms with Gasteiger partial charge in [-0.3, -0.25) is 0 Å². The second kappa shape index (κ2) is 12.7. The minimum atomic E-state index is -4.34. The Kier molecular flexibility index (Phi) is 11.4. The maximum absolute atomic E-state index is 12.7. The van der Waals surface area contributed by atoms with Gasteiger partial charge in [0.15, 0.2) is 0 Å². The molecular formula is C19H16Br3F6N3. The minimum Gasteiger partial charge on any atom is -0.249 e. The quantitative estimate of drug-likeness (QED) is 0.183. The standard InChI is InChI=1S/C10H8BrF3N2.C9H8Br2F3N/c11-9-4-3-7(6-16-9)8(2-1-5-15)10(12,13)14;10-4-3-7(9(12,13)14)6-1-2-8(11)15-5-6/h3-4,6,8H,1-2H2;1-2,5,7H,3-4H2. The third kappa shape index (κ3) is 9.87. The van der Waals surface area contributed by atoms with E-state index in [9.17, 15) is 26.3 Å². The molecule has 0 aliphatic carbocycles. The van der Waals surface area contributed by atoms with Crippen LogP contribution in [0.3, 0.4) is 0 Å². The molecule has 2 rings (SSSR count). The Labute approximate surface area is 200 Å². The second-order valence-corrected chi connectivity index (χ2v) is 8.61. The Morgan fingerprint density at radius 3 is 1.52 bits per heavy atom. The maximum atomic E-state index is 12.7. The van der Waals surface area contributed by atoms with Gasteiger partial charge >= 0.3 is 12.4 Å². The molecule has 0 fully saturated rings. The second-order valence-electron chi connectivity index (χ2n) is 6.19. The largest absolute Gasteiger partial charge is 0.395 e. The highest BCUT2D eigenvalue weighted by Gasteiger charge is 2.41. The number of hydrogen-bond acceptors (Lipinski definition) is 3. The molecule has 0 aromatic carbocycles. The zero-order chi connectivity index (χ0) is 23.7. The van der Waals surface area contributed by atoms with Crippen LogP contribution in [0.15, 0.2) is 45.9 Å². The Bertz CT molecular complexity index is 833. The molecule has 2 aromatic heterocycles. The molecule has 0 N–H and O–H groups in total. The number of alkyl halides is 7. The van der Waals surface area contributed by atoms with Gasteiger partial charge < -0.3 is 0 Å². The lowest BCUT2D eigenvalue weighted by molar-refractivity contribution is -0.152. The molecule has 0 radical (unpaired) electrons. The number of halogens is 9. The first-order chi connectivity index (χ1) is 14.4. The van der Waals surface area contributed by atoms with E-state index in [1.165, 1.54) is 36.7 Å². The van der Waals surface area contributed by atoms with Gasteiger partial charge in [-0.25, -0.2) is 9.97 Å². The van der Waals surface area contributed by atoms with Crippen molar-refractivity contribution in [2.75, 3.05) is 5.33 Å². The minimum absolute atomic E-state index is 0.0206. The number of aromatic nitrogens is 2. The summed E-state index contributed by atoms with van der Waals surface area (Å²) in [5, 5.41) is 8.64. The van der Waals surface area contributed by atoms with Crippen LogP contribution in [0.2, 0.25) is 0 Å². The van der Waals surface area contributed by atoms with Crippen molar-refractivity contribution in [1.29, 1.82) is 5.26 Å². The lowest BCUT2D eigenvalue weighted by atomic mass is 9.95. The van der Waals surface area contributed by atoms with Crippen LogP contribution in [0.5, 0.6) is 0 Å². The van der Waals surface area contributed by atoms with Crippen LogP contribution in [-0.4, -0.2) is 27.7 Å². The van der Waals surface area contributed by atoms with E-state index in [0.29, 0.717) is 14.5 Å². The average Bonchev–Trinajstić information content (AvgIpc) is 2.67. The van der Waals surface area contributed by atoms with Crippen molar-refractivity contribution >= 4 is 47.8 Å². The lowest BCUT2D eigenvalue weighted by Crippen LogP contribution is -2.21. The smallest absolute Gasteiger partial charge is 0.249 e. The van der Waals surface area contributed by atoms with Crippen LogP contribution in [0.1, 0.15) is 42.2 Å². The van der Waals surface area contributed by atoms with Gasteiger partial charge in [-0.15, -0.1) is 0 Å². The summed E-state index contributed by atoms with van der Waals surface area (Å²) in [7, 11) is 0. The summed E-state index contributed by atoms with van der Waals surface area (Å²) in [5.74, 6) is -3.06. The Balaban J connectivity index is 0.000000311. The first kappa shape index (κ1) is 27.8. The van der Waals surface area contributed by atoms with E-state index in [-0.39, 0.29) is 30.4 Å². The van der Waals surface area contributed by atoms with E-state index in [2.05, 4.69) is 57.8 Å². The van der Waals surface area contributed by atoms with Crippen LogP contribution in [0.4, 0.5) is 26.3 Å². The Morgan fingerprint density at radius 1 is 0.806 bits per heavy atom. The fourth-order valence-corrected chi connectivity index (χ4v) is 3.47. The summed E-state index contributed by atoms with van der Waals surface area (Å²) < 4.78 is 77.0. The molecule has 0 bridgehead atoms. The summed E-state index contributed by atoms with van der Waals surface area (Å²) >= 11 is 9.16. The van der Waals surface area contributed by atoms with Crippen molar-refractivity contribution in [3.8, 4) is 6.07 Å². The first-order valence-corrected chi connectivity index (χ1v) is 11.4. The van der Waals surface area contributed by atoms with Crippen molar-refractivity contribution < 1.29 is 26.3 Å². The van der Waals surface area contributed by atoms with Gasteiger partial charge in [0.05, 0.1) is 17.9 Å². The van der Waals surface area contributed by atoms with E-state index < -0.39 is 24.2 Å². The van der Waals surface area contributed by atoms with E-state index in [0.717, 1.165) is 0 Å². The lowest BCUT2D eigenvalue weighted by Gasteiger charge is -2.19. The fourth-order valence-electron chi connectivity index (χ4n) is 2.54. The zero-order valence-electron chi connectivity index (χ0n) is 15.7. The molecule has 0 amide bonds. The highest BCUT2D eigenvalue weighted by molar-refractivity contribution is 9.10. The fraction of sp³-hybridized carbons (Fsp3) is 0.421. The molecule has 0 aliphatic rings. The molecule has 0 saturated heterocycles. The van der Waals surface area contributed by atoms with E-state index >= 15 is 0 Å². The molecule has 31 heavy (non-hydrogen) atoms. The van der Waals surface area contributed by atoms with Crippen molar-refractivity contribution in [2.45, 2.75) is 43.5 Å². The molecule has 2 heterocycles. The molecule has 2 atom stereocenters. The molecular weight excluding hydrogens is 624 g/mol. The number of nitriles is 1.